The van der Waals surface area contributed by atoms with Crippen LogP contribution in [0.25, 0.3) is 0 Å². The van der Waals surface area contributed by atoms with E-state index in [0.717, 1.165) is 31.5 Å². The van der Waals surface area contributed by atoms with E-state index in [1.807, 2.05) is 13.8 Å². The Morgan fingerprint density at radius 1 is 1.58 bits per heavy atom. The van der Waals surface area contributed by atoms with Crippen molar-refractivity contribution in [1.29, 1.82) is 0 Å². The number of nitrogens with zero attached hydrogens (tertiary/aromatic N) is 2. The van der Waals surface area contributed by atoms with E-state index in [1.54, 1.807) is 0 Å². The molecule has 0 aliphatic rings. The summed E-state index contributed by atoms with van der Waals surface area (Å²) in [7, 11) is 0. The fraction of sp³-hybridized carbons (Fsp3) is 0.500. The number of carbonyl (C=O) groups is 1. The Morgan fingerprint density at radius 2 is 2.26 bits per heavy atom. The molecule has 7 nitrogen and oxygen atoms in total. The van der Waals surface area contributed by atoms with Gasteiger partial charge in [0.1, 0.15) is 12.0 Å². The molecule has 0 aliphatic heterocycles. The lowest BCUT2D eigenvalue weighted by molar-refractivity contribution is -0.385. The molecule has 1 heterocycles. The molecular weight excluding hydrogens is 248 g/mol. The SMILES string of the molecule is CCCC(CC)NC(=O)c1cc([N+](=O)[O-])cnc1N. The minimum absolute atomic E-state index is 0.00514. The first-order chi connectivity index (χ1) is 8.99. The van der Waals surface area contributed by atoms with E-state index in [4.69, 9.17) is 5.73 Å². The number of carbonyl (C=O) groups excluding carboxylic acids is 1. The van der Waals surface area contributed by atoms with Gasteiger partial charge in [-0.1, -0.05) is 20.3 Å². The quantitative estimate of drug-likeness (QED) is 0.603. The number of aromatic nitrogens is 1. The molecule has 0 spiro atoms. The van der Waals surface area contributed by atoms with Gasteiger partial charge in [0, 0.05) is 12.1 Å². The highest BCUT2D eigenvalue weighted by atomic mass is 16.6. The van der Waals surface area contributed by atoms with Crippen LogP contribution in [-0.2, 0) is 0 Å². The number of nitro groups is 1. The van der Waals surface area contributed by atoms with E-state index in [1.165, 1.54) is 0 Å². The van der Waals surface area contributed by atoms with Gasteiger partial charge in [0.05, 0.1) is 10.5 Å². The van der Waals surface area contributed by atoms with Crippen molar-refractivity contribution in [1.82, 2.24) is 10.3 Å². The van der Waals surface area contributed by atoms with Crippen molar-refractivity contribution in [2.45, 2.75) is 39.2 Å². The Hall–Kier alpha value is -2.18. The maximum atomic E-state index is 12.0. The van der Waals surface area contributed by atoms with E-state index in [2.05, 4.69) is 10.3 Å². The third-order valence-corrected chi connectivity index (χ3v) is 2.82. The summed E-state index contributed by atoms with van der Waals surface area (Å²) >= 11 is 0. The summed E-state index contributed by atoms with van der Waals surface area (Å²) in [6, 6.07) is 1.19. The summed E-state index contributed by atoms with van der Waals surface area (Å²) in [4.78, 5) is 25.8. The first-order valence-electron chi connectivity index (χ1n) is 6.20. The van der Waals surface area contributed by atoms with Gasteiger partial charge in [-0.3, -0.25) is 14.9 Å². The molecule has 104 valence electrons. The van der Waals surface area contributed by atoms with Crippen LogP contribution in [-0.4, -0.2) is 21.9 Å². The average molecular weight is 266 g/mol. The number of nitrogens with two attached hydrogens (primary N) is 1. The molecular formula is C12H18N4O3. The van der Waals surface area contributed by atoms with Crippen LogP contribution in [0.5, 0.6) is 0 Å². The van der Waals surface area contributed by atoms with Crippen LogP contribution >= 0.6 is 0 Å². The second kappa shape index (κ2) is 6.67. The van der Waals surface area contributed by atoms with Crippen molar-refractivity contribution >= 4 is 17.4 Å². The van der Waals surface area contributed by atoms with Gasteiger partial charge in [-0.25, -0.2) is 4.98 Å². The average Bonchev–Trinajstić information content (AvgIpc) is 2.38. The summed E-state index contributed by atoms with van der Waals surface area (Å²) in [5.41, 5.74) is 5.38. The van der Waals surface area contributed by atoms with Crippen LogP contribution in [0.4, 0.5) is 11.5 Å². The highest BCUT2D eigenvalue weighted by Crippen LogP contribution is 2.17. The van der Waals surface area contributed by atoms with Crippen molar-refractivity contribution in [3.05, 3.63) is 27.9 Å². The highest BCUT2D eigenvalue weighted by Gasteiger charge is 2.18. The summed E-state index contributed by atoms with van der Waals surface area (Å²) in [5.74, 6) is -0.427. The lowest BCUT2D eigenvalue weighted by Crippen LogP contribution is -2.34. The van der Waals surface area contributed by atoms with Crippen molar-refractivity contribution < 1.29 is 9.72 Å². The molecule has 7 heteroatoms. The van der Waals surface area contributed by atoms with Crippen molar-refractivity contribution in [2.75, 3.05) is 5.73 Å². The molecule has 0 aliphatic carbocycles. The molecule has 1 rings (SSSR count). The second-order valence-corrected chi connectivity index (χ2v) is 4.25. The predicted octanol–water partition coefficient (Wildman–Crippen LogP) is 1.88. The van der Waals surface area contributed by atoms with Gasteiger partial charge in [0.15, 0.2) is 0 Å². The van der Waals surface area contributed by atoms with Crippen LogP contribution in [0.1, 0.15) is 43.5 Å². The summed E-state index contributed by atoms with van der Waals surface area (Å²) in [6.07, 6.45) is 3.63. The molecule has 0 bridgehead atoms. The molecule has 3 N–H and O–H groups in total. The predicted molar refractivity (Wildman–Crippen MR) is 71.8 cm³/mol. The van der Waals surface area contributed by atoms with E-state index in [9.17, 15) is 14.9 Å². The molecule has 1 amide bonds. The smallest absolute Gasteiger partial charge is 0.288 e. The van der Waals surface area contributed by atoms with Gasteiger partial charge in [-0.2, -0.15) is 0 Å². The highest BCUT2D eigenvalue weighted by molar-refractivity contribution is 5.99. The number of rotatable bonds is 6. The van der Waals surface area contributed by atoms with E-state index >= 15 is 0 Å². The second-order valence-electron chi connectivity index (χ2n) is 4.25. The van der Waals surface area contributed by atoms with Gasteiger partial charge < -0.3 is 11.1 Å². The third-order valence-electron chi connectivity index (χ3n) is 2.82. The number of nitrogens with one attached hydrogen (secondary N) is 1. The molecule has 1 aromatic rings. The van der Waals surface area contributed by atoms with Gasteiger partial charge in [0.25, 0.3) is 11.6 Å². The Bertz CT molecular complexity index is 476. The lowest BCUT2D eigenvalue weighted by Gasteiger charge is -2.16. The molecule has 0 fully saturated rings. The minimum atomic E-state index is -0.605. The molecule has 0 radical (unpaired) electrons. The maximum Gasteiger partial charge on any atom is 0.288 e. The lowest BCUT2D eigenvalue weighted by atomic mass is 10.1. The number of nitrogen functional groups attached to an aromatic ring is 1. The first kappa shape index (κ1) is 14.9. The fourth-order valence-corrected chi connectivity index (χ4v) is 1.74. The largest absolute Gasteiger partial charge is 0.383 e. The van der Waals surface area contributed by atoms with Crippen molar-refractivity contribution in [3.8, 4) is 0 Å². The maximum absolute atomic E-state index is 12.0. The topological polar surface area (TPSA) is 111 Å². The molecule has 1 atom stereocenters. The number of pyridine rings is 1. The first-order valence-corrected chi connectivity index (χ1v) is 6.20. The number of hydrogen-bond acceptors (Lipinski definition) is 5. The van der Waals surface area contributed by atoms with Gasteiger partial charge >= 0.3 is 0 Å². The summed E-state index contributed by atoms with van der Waals surface area (Å²) in [6.45, 7) is 3.99. The van der Waals surface area contributed by atoms with Crippen LogP contribution in [0.3, 0.4) is 0 Å². The number of anilines is 1. The molecule has 0 saturated heterocycles. The van der Waals surface area contributed by atoms with Crippen LogP contribution < -0.4 is 11.1 Å². The van der Waals surface area contributed by atoms with E-state index in [-0.39, 0.29) is 23.1 Å². The Kier molecular flexibility index (Phi) is 5.23. The van der Waals surface area contributed by atoms with E-state index < -0.39 is 10.8 Å². The number of amides is 1. The summed E-state index contributed by atoms with van der Waals surface area (Å²) < 4.78 is 0. The fourth-order valence-electron chi connectivity index (χ4n) is 1.74. The van der Waals surface area contributed by atoms with Crippen molar-refractivity contribution in [2.24, 2.45) is 0 Å². The molecule has 1 aromatic heterocycles. The zero-order valence-electron chi connectivity index (χ0n) is 11.0. The Balaban J connectivity index is 2.92. The van der Waals surface area contributed by atoms with Crippen LogP contribution in [0.15, 0.2) is 12.3 Å². The Morgan fingerprint density at radius 3 is 2.79 bits per heavy atom. The zero-order chi connectivity index (χ0) is 14.4. The normalized spacial score (nSPS) is 11.9. The summed E-state index contributed by atoms with van der Waals surface area (Å²) in [5, 5.41) is 13.5. The van der Waals surface area contributed by atoms with E-state index in [0.29, 0.717) is 0 Å². The number of hydrogen-bond donors (Lipinski definition) is 2. The standard InChI is InChI=1S/C12H18N4O3/c1-3-5-8(4-2)15-12(17)10-6-9(16(18)19)7-14-11(10)13/h6-8H,3-5H2,1-2H3,(H2,13,14)(H,15,17). The molecule has 19 heavy (non-hydrogen) atoms. The zero-order valence-corrected chi connectivity index (χ0v) is 11.0. The van der Waals surface area contributed by atoms with Crippen LogP contribution in [0, 0.1) is 10.1 Å². The third kappa shape index (κ3) is 3.90. The van der Waals surface area contributed by atoms with Gasteiger partial charge in [-0.15, -0.1) is 0 Å². The Labute approximate surface area is 111 Å². The minimum Gasteiger partial charge on any atom is -0.383 e. The molecule has 0 aromatic carbocycles. The van der Waals surface area contributed by atoms with Gasteiger partial charge in [0.2, 0.25) is 0 Å². The van der Waals surface area contributed by atoms with Crippen molar-refractivity contribution in [3.63, 3.8) is 0 Å². The van der Waals surface area contributed by atoms with Crippen LogP contribution in [0.2, 0.25) is 0 Å². The molecule has 1 unspecified atom stereocenters. The monoisotopic (exact) mass is 266 g/mol. The van der Waals surface area contributed by atoms with Gasteiger partial charge in [-0.05, 0) is 12.8 Å². The molecule has 0 saturated carbocycles.